The largest absolute Gasteiger partial charge is 0.336 e. The van der Waals surface area contributed by atoms with Gasteiger partial charge >= 0.3 is 0 Å². The zero-order chi connectivity index (χ0) is 19.2. The van der Waals surface area contributed by atoms with Crippen LogP contribution in [-0.2, 0) is 4.79 Å². The van der Waals surface area contributed by atoms with E-state index in [-0.39, 0.29) is 11.8 Å². The molecule has 0 aliphatic carbocycles. The molecule has 4 heteroatoms. The molecule has 1 heterocycles. The van der Waals surface area contributed by atoms with Gasteiger partial charge in [-0.25, -0.2) is 0 Å². The van der Waals surface area contributed by atoms with E-state index in [2.05, 4.69) is 13.8 Å². The number of nitrogens with zero attached hydrogens (tertiary/aromatic N) is 2. The average Bonchev–Trinajstić information content (AvgIpc) is 2.72. The zero-order valence-corrected chi connectivity index (χ0v) is 16.0. The third kappa shape index (κ3) is 4.85. The van der Waals surface area contributed by atoms with Crippen LogP contribution in [0.1, 0.15) is 41.3 Å². The number of hydrogen-bond donors (Lipinski definition) is 0. The number of carbonyl (C=O) groups is 2. The molecule has 27 heavy (non-hydrogen) atoms. The SMILES string of the molecule is CC(C)c1ccc(C(=O)N2CCN(C(=O)C=Cc3ccccc3)CC2)cc1. The van der Waals surface area contributed by atoms with Crippen LogP contribution in [-0.4, -0.2) is 47.8 Å². The maximum Gasteiger partial charge on any atom is 0.253 e. The van der Waals surface area contributed by atoms with Crippen LogP contribution >= 0.6 is 0 Å². The number of piperazine rings is 1. The van der Waals surface area contributed by atoms with Crippen molar-refractivity contribution in [3.05, 3.63) is 77.4 Å². The predicted molar refractivity (Wildman–Crippen MR) is 108 cm³/mol. The summed E-state index contributed by atoms with van der Waals surface area (Å²) in [6, 6.07) is 17.6. The van der Waals surface area contributed by atoms with Crippen LogP contribution in [0, 0.1) is 0 Å². The highest BCUT2D eigenvalue weighted by atomic mass is 16.2. The fourth-order valence-corrected chi connectivity index (χ4v) is 3.16. The van der Waals surface area contributed by atoms with Crippen LogP contribution in [0.4, 0.5) is 0 Å². The third-order valence-electron chi connectivity index (χ3n) is 4.92. The second-order valence-corrected chi connectivity index (χ2v) is 7.14. The molecule has 2 aromatic carbocycles. The van der Waals surface area contributed by atoms with E-state index < -0.39 is 0 Å². The maximum absolute atomic E-state index is 12.7. The van der Waals surface area contributed by atoms with Gasteiger partial charge < -0.3 is 9.80 Å². The lowest BCUT2D eigenvalue weighted by Crippen LogP contribution is -2.50. The van der Waals surface area contributed by atoms with E-state index in [0.717, 1.165) is 5.56 Å². The standard InChI is InChI=1S/C23H26N2O2/c1-18(2)20-9-11-21(12-10-20)23(27)25-16-14-24(15-17-25)22(26)13-8-19-6-4-3-5-7-19/h3-13,18H,14-17H2,1-2H3. The Morgan fingerprint density at radius 2 is 1.44 bits per heavy atom. The first-order valence-corrected chi connectivity index (χ1v) is 9.46. The summed E-state index contributed by atoms with van der Waals surface area (Å²) in [6.45, 7) is 6.53. The molecule has 4 nitrogen and oxygen atoms in total. The van der Waals surface area contributed by atoms with Gasteiger partial charge in [-0.05, 0) is 35.3 Å². The zero-order valence-electron chi connectivity index (χ0n) is 16.0. The van der Waals surface area contributed by atoms with E-state index in [9.17, 15) is 9.59 Å². The topological polar surface area (TPSA) is 40.6 Å². The molecule has 0 N–H and O–H groups in total. The number of amides is 2. The molecule has 1 fully saturated rings. The van der Waals surface area contributed by atoms with E-state index in [0.29, 0.717) is 37.7 Å². The maximum atomic E-state index is 12.7. The highest BCUT2D eigenvalue weighted by molar-refractivity contribution is 5.95. The Morgan fingerprint density at radius 3 is 2.04 bits per heavy atom. The van der Waals surface area contributed by atoms with Gasteiger partial charge in [0, 0.05) is 37.8 Å². The summed E-state index contributed by atoms with van der Waals surface area (Å²) >= 11 is 0. The van der Waals surface area contributed by atoms with Gasteiger partial charge in [0.25, 0.3) is 5.91 Å². The molecular formula is C23H26N2O2. The van der Waals surface area contributed by atoms with Crippen molar-refractivity contribution in [2.75, 3.05) is 26.2 Å². The molecule has 0 spiro atoms. The summed E-state index contributed by atoms with van der Waals surface area (Å²) in [5.41, 5.74) is 2.94. The van der Waals surface area contributed by atoms with E-state index in [1.807, 2.05) is 65.6 Å². The van der Waals surface area contributed by atoms with Crippen LogP contribution in [0.3, 0.4) is 0 Å². The molecule has 2 aromatic rings. The Kier molecular flexibility index (Phi) is 6.07. The molecule has 1 saturated heterocycles. The predicted octanol–water partition coefficient (Wildman–Crippen LogP) is 3.81. The molecule has 0 bridgehead atoms. The second kappa shape index (κ2) is 8.67. The molecule has 0 atom stereocenters. The molecule has 1 aliphatic rings. The van der Waals surface area contributed by atoms with Crippen LogP contribution in [0.25, 0.3) is 6.08 Å². The number of rotatable bonds is 4. The summed E-state index contributed by atoms with van der Waals surface area (Å²) in [4.78, 5) is 28.7. The summed E-state index contributed by atoms with van der Waals surface area (Å²) in [6.07, 6.45) is 3.44. The number of carbonyl (C=O) groups excluding carboxylic acids is 2. The van der Waals surface area contributed by atoms with Gasteiger partial charge in [0.05, 0.1) is 0 Å². The van der Waals surface area contributed by atoms with Crippen molar-refractivity contribution in [1.82, 2.24) is 9.80 Å². The Labute approximate surface area is 161 Å². The van der Waals surface area contributed by atoms with Crippen molar-refractivity contribution in [3.8, 4) is 0 Å². The normalized spacial score (nSPS) is 14.8. The summed E-state index contributed by atoms with van der Waals surface area (Å²) in [5.74, 6) is 0.483. The third-order valence-corrected chi connectivity index (χ3v) is 4.92. The smallest absolute Gasteiger partial charge is 0.253 e. The highest BCUT2D eigenvalue weighted by Crippen LogP contribution is 2.16. The lowest BCUT2D eigenvalue weighted by atomic mass is 10.0. The number of benzene rings is 2. The monoisotopic (exact) mass is 362 g/mol. The van der Waals surface area contributed by atoms with Crippen LogP contribution in [0.2, 0.25) is 0 Å². The Hall–Kier alpha value is -2.88. The van der Waals surface area contributed by atoms with Gasteiger partial charge in [0.2, 0.25) is 5.91 Å². The van der Waals surface area contributed by atoms with E-state index in [1.54, 1.807) is 11.0 Å². The first-order chi connectivity index (χ1) is 13.0. The quantitative estimate of drug-likeness (QED) is 0.776. The lowest BCUT2D eigenvalue weighted by molar-refractivity contribution is -0.127. The molecule has 0 unspecified atom stereocenters. The molecule has 0 saturated carbocycles. The van der Waals surface area contributed by atoms with Crippen molar-refractivity contribution in [2.24, 2.45) is 0 Å². The molecule has 1 aliphatic heterocycles. The van der Waals surface area contributed by atoms with Gasteiger partial charge in [-0.1, -0.05) is 56.3 Å². The van der Waals surface area contributed by atoms with Crippen LogP contribution in [0.15, 0.2) is 60.7 Å². The van der Waals surface area contributed by atoms with Gasteiger partial charge in [-0.3, -0.25) is 9.59 Å². The van der Waals surface area contributed by atoms with Gasteiger partial charge in [-0.2, -0.15) is 0 Å². The Morgan fingerprint density at radius 1 is 0.852 bits per heavy atom. The van der Waals surface area contributed by atoms with Crippen molar-refractivity contribution < 1.29 is 9.59 Å². The first kappa shape index (κ1) is 18.9. The van der Waals surface area contributed by atoms with Crippen molar-refractivity contribution >= 4 is 17.9 Å². The average molecular weight is 362 g/mol. The molecule has 140 valence electrons. The second-order valence-electron chi connectivity index (χ2n) is 7.14. The Balaban J connectivity index is 1.54. The number of hydrogen-bond acceptors (Lipinski definition) is 2. The minimum absolute atomic E-state index is 0.00719. The van der Waals surface area contributed by atoms with E-state index in [1.165, 1.54) is 5.56 Å². The van der Waals surface area contributed by atoms with Crippen LogP contribution in [0.5, 0.6) is 0 Å². The Bertz CT molecular complexity index is 802. The fourth-order valence-electron chi connectivity index (χ4n) is 3.16. The minimum atomic E-state index is -0.00719. The molecule has 2 amide bonds. The summed E-state index contributed by atoms with van der Waals surface area (Å²) in [7, 11) is 0. The highest BCUT2D eigenvalue weighted by Gasteiger charge is 2.23. The fraction of sp³-hybridized carbons (Fsp3) is 0.304. The minimum Gasteiger partial charge on any atom is -0.336 e. The van der Waals surface area contributed by atoms with Crippen LogP contribution < -0.4 is 0 Å². The van der Waals surface area contributed by atoms with Gasteiger partial charge in [0.15, 0.2) is 0 Å². The summed E-state index contributed by atoms with van der Waals surface area (Å²) < 4.78 is 0. The van der Waals surface area contributed by atoms with Gasteiger partial charge in [0.1, 0.15) is 0 Å². The first-order valence-electron chi connectivity index (χ1n) is 9.46. The van der Waals surface area contributed by atoms with Crippen molar-refractivity contribution in [3.63, 3.8) is 0 Å². The van der Waals surface area contributed by atoms with E-state index in [4.69, 9.17) is 0 Å². The molecule has 0 radical (unpaired) electrons. The van der Waals surface area contributed by atoms with E-state index >= 15 is 0 Å². The van der Waals surface area contributed by atoms with Gasteiger partial charge in [-0.15, -0.1) is 0 Å². The van der Waals surface area contributed by atoms with Crippen molar-refractivity contribution in [2.45, 2.75) is 19.8 Å². The molecule has 0 aromatic heterocycles. The van der Waals surface area contributed by atoms with Crippen molar-refractivity contribution in [1.29, 1.82) is 0 Å². The lowest BCUT2D eigenvalue weighted by Gasteiger charge is -2.34. The molecular weight excluding hydrogens is 336 g/mol. The molecule has 3 rings (SSSR count). The summed E-state index contributed by atoms with van der Waals surface area (Å²) in [5, 5.41) is 0.